The first-order chi connectivity index (χ1) is 7.65. The Bertz CT molecular complexity index is 456. The molecule has 1 atom stereocenters. The Hall–Kier alpha value is -1.12. The fourth-order valence-electron chi connectivity index (χ4n) is 1.75. The molecular formula is C14H17NS. The predicted octanol–water partition coefficient (Wildman–Crippen LogP) is 3.61. The highest BCUT2D eigenvalue weighted by Crippen LogP contribution is 2.21. The summed E-state index contributed by atoms with van der Waals surface area (Å²) < 4.78 is 0. The highest BCUT2D eigenvalue weighted by atomic mass is 32.1. The molecule has 0 fully saturated rings. The highest BCUT2D eigenvalue weighted by Gasteiger charge is 2.08. The van der Waals surface area contributed by atoms with Gasteiger partial charge in [0.2, 0.25) is 0 Å². The molecule has 1 heterocycles. The number of nitrogens with two attached hydrogens (primary N) is 1. The summed E-state index contributed by atoms with van der Waals surface area (Å²) >= 11 is 1.77. The molecule has 1 unspecified atom stereocenters. The first-order valence-corrected chi connectivity index (χ1v) is 6.39. The largest absolute Gasteiger partial charge is 0.324 e. The van der Waals surface area contributed by atoms with Crippen LogP contribution >= 0.6 is 11.3 Å². The van der Waals surface area contributed by atoms with Gasteiger partial charge in [0, 0.05) is 10.9 Å². The summed E-state index contributed by atoms with van der Waals surface area (Å²) in [6, 6.07) is 10.9. The molecule has 16 heavy (non-hydrogen) atoms. The van der Waals surface area contributed by atoms with Crippen molar-refractivity contribution in [2.75, 3.05) is 0 Å². The van der Waals surface area contributed by atoms with E-state index in [0.717, 1.165) is 6.42 Å². The van der Waals surface area contributed by atoms with Crippen molar-refractivity contribution >= 4 is 11.3 Å². The molecule has 0 aliphatic carbocycles. The molecule has 0 saturated carbocycles. The van der Waals surface area contributed by atoms with E-state index in [9.17, 15) is 0 Å². The minimum Gasteiger partial charge on any atom is -0.324 e. The number of hydrogen-bond donors (Lipinski definition) is 1. The van der Waals surface area contributed by atoms with E-state index in [-0.39, 0.29) is 6.04 Å². The third-order valence-electron chi connectivity index (χ3n) is 2.76. The Morgan fingerprint density at radius 2 is 1.88 bits per heavy atom. The van der Waals surface area contributed by atoms with Crippen LogP contribution in [0, 0.1) is 13.8 Å². The molecule has 1 aromatic carbocycles. The van der Waals surface area contributed by atoms with Crippen LogP contribution in [0.2, 0.25) is 0 Å². The first kappa shape index (κ1) is 11.4. The van der Waals surface area contributed by atoms with Crippen LogP contribution in [0.3, 0.4) is 0 Å². The third-order valence-corrected chi connectivity index (χ3v) is 3.63. The van der Waals surface area contributed by atoms with Crippen LogP contribution in [0.4, 0.5) is 0 Å². The van der Waals surface area contributed by atoms with Crippen LogP contribution in [0.15, 0.2) is 35.7 Å². The quantitative estimate of drug-likeness (QED) is 0.858. The van der Waals surface area contributed by atoms with E-state index in [1.165, 1.54) is 21.6 Å². The van der Waals surface area contributed by atoms with Gasteiger partial charge in [0.05, 0.1) is 0 Å². The number of rotatable bonds is 3. The third kappa shape index (κ3) is 2.71. The maximum atomic E-state index is 6.19. The topological polar surface area (TPSA) is 26.0 Å². The molecule has 1 aromatic heterocycles. The lowest BCUT2D eigenvalue weighted by atomic mass is 10.0. The van der Waals surface area contributed by atoms with E-state index in [0.29, 0.717) is 0 Å². The van der Waals surface area contributed by atoms with Gasteiger partial charge in [-0.15, -0.1) is 11.3 Å². The zero-order valence-corrected chi connectivity index (χ0v) is 10.6. The maximum absolute atomic E-state index is 6.19. The summed E-state index contributed by atoms with van der Waals surface area (Å²) in [7, 11) is 0. The van der Waals surface area contributed by atoms with Crippen molar-refractivity contribution in [2.24, 2.45) is 5.73 Å². The monoisotopic (exact) mass is 231 g/mol. The van der Waals surface area contributed by atoms with Crippen LogP contribution in [0.1, 0.15) is 27.6 Å². The number of aryl methyl sites for hydroxylation is 2. The predicted molar refractivity (Wildman–Crippen MR) is 70.9 cm³/mol. The molecule has 2 rings (SSSR count). The van der Waals surface area contributed by atoms with E-state index in [2.05, 4.69) is 49.6 Å². The fraction of sp³-hybridized carbons (Fsp3) is 0.286. The average molecular weight is 231 g/mol. The van der Waals surface area contributed by atoms with Crippen molar-refractivity contribution in [3.05, 3.63) is 57.3 Å². The lowest BCUT2D eigenvalue weighted by molar-refractivity contribution is 0.724. The first-order valence-electron chi connectivity index (χ1n) is 5.51. The Balaban J connectivity index is 2.07. The van der Waals surface area contributed by atoms with Crippen LogP contribution < -0.4 is 5.73 Å². The standard InChI is InChI=1S/C14H17NS/c1-10-3-5-12(6-4-10)8-14(15)13-7-11(2)16-9-13/h3-7,9,14H,8,15H2,1-2H3. The van der Waals surface area contributed by atoms with Crippen molar-refractivity contribution < 1.29 is 0 Å². The molecule has 84 valence electrons. The van der Waals surface area contributed by atoms with Crippen LogP contribution in [0.25, 0.3) is 0 Å². The van der Waals surface area contributed by atoms with Crippen LogP contribution in [-0.4, -0.2) is 0 Å². The number of thiophene rings is 1. The van der Waals surface area contributed by atoms with Gasteiger partial charge in [-0.05, 0) is 42.8 Å². The van der Waals surface area contributed by atoms with Gasteiger partial charge < -0.3 is 5.73 Å². The second-order valence-corrected chi connectivity index (χ2v) is 5.40. The number of benzene rings is 1. The molecule has 0 amide bonds. The van der Waals surface area contributed by atoms with Gasteiger partial charge in [0.1, 0.15) is 0 Å². The fourth-order valence-corrected chi connectivity index (χ4v) is 2.52. The Kier molecular flexibility index (Phi) is 3.42. The van der Waals surface area contributed by atoms with Gasteiger partial charge in [0.15, 0.2) is 0 Å². The van der Waals surface area contributed by atoms with E-state index < -0.39 is 0 Å². The van der Waals surface area contributed by atoms with Crippen molar-refractivity contribution in [2.45, 2.75) is 26.3 Å². The molecule has 0 aliphatic heterocycles. The highest BCUT2D eigenvalue weighted by molar-refractivity contribution is 7.10. The Morgan fingerprint density at radius 1 is 1.19 bits per heavy atom. The molecule has 2 aromatic rings. The minimum absolute atomic E-state index is 0.118. The van der Waals surface area contributed by atoms with E-state index in [1.807, 2.05) is 0 Å². The smallest absolute Gasteiger partial charge is 0.0344 e. The second-order valence-electron chi connectivity index (χ2n) is 4.29. The molecule has 0 aliphatic rings. The Morgan fingerprint density at radius 3 is 2.44 bits per heavy atom. The van der Waals surface area contributed by atoms with Gasteiger partial charge in [-0.3, -0.25) is 0 Å². The molecule has 0 radical (unpaired) electrons. The molecule has 0 bridgehead atoms. The lowest BCUT2D eigenvalue weighted by Crippen LogP contribution is -2.12. The van der Waals surface area contributed by atoms with Gasteiger partial charge in [-0.1, -0.05) is 29.8 Å². The molecule has 0 saturated heterocycles. The molecule has 0 spiro atoms. The summed E-state index contributed by atoms with van der Waals surface area (Å²) in [6.07, 6.45) is 0.913. The normalized spacial score (nSPS) is 12.7. The SMILES string of the molecule is Cc1ccc(CC(N)c2csc(C)c2)cc1. The van der Waals surface area contributed by atoms with Gasteiger partial charge in [0.25, 0.3) is 0 Å². The van der Waals surface area contributed by atoms with E-state index >= 15 is 0 Å². The zero-order valence-electron chi connectivity index (χ0n) is 9.73. The molecule has 2 N–H and O–H groups in total. The van der Waals surface area contributed by atoms with Crippen LogP contribution in [-0.2, 0) is 6.42 Å². The summed E-state index contributed by atoms with van der Waals surface area (Å²) in [5, 5.41) is 2.16. The summed E-state index contributed by atoms with van der Waals surface area (Å²) in [5.74, 6) is 0. The maximum Gasteiger partial charge on any atom is 0.0344 e. The summed E-state index contributed by atoms with van der Waals surface area (Å²) in [4.78, 5) is 1.33. The van der Waals surface area contributed by atoms with Crippen molar-refractivity contribution in [1.82, 2.24) is 0 Å². The Labute approximate surface area is 101 Å². The summed E-state index contributed by atoms with van der Waals surface area (Å²) in [6.45, 7) is 4.22. The average Bonchev–Trinajstić information content (AvgIpc) is 2.68. The molecular weight excluding hydrogens is 214 g/mol. The molecule has 2 heteroatoms. The zero-order chi connectivity index (χ0) is 11.5. The van der Waals surface area contributed by atoms with Gasteiger partial charge >= 0.3 is 0 Å². The van der Waals surface area contributed by atoms with Crippen molar-refractivity contribution in [1.29, 1.82) is 0 Å². The van der Waals surface area contributed by atoms with Crippen molar-refractivity contribution in [3.63, 3.8) is 0 Å². The van der Waals surface area contributed by atoms with Gasteiger partial charge in [-0.2, -0.15) is 0 Å². The van der Waals surface area contributed by atoms with Gasteiger partial charge in [-0.25, -0.2) is 0 Å². The van der Waals surface area contributed by atoms with E-state index in [1.54, 1.807) is 11.3 Å². The summed E-state index contributed by atoms with van der Waals surface area (Å²) in [5.41, 5.74) is 10.0. The van der Waals surface area contributed by atoms with Crippen LogP contribution in [0.5, 0.6) is 0 Å². The van der Waals surface area contributed by atoms with E-state index in [4.69, 9.17) is 5.73 Å². The van der Waals surface area contributed by atoms with Crippen molar-refractivity contribution in [3.8, 4) is 0 Å². The number of hydrogen-bond acceptors (Lipinski definition) is 2. The lowest BCUT2D eigenvalue weighted by Gasteiger charge is -2.10. The minimum atomic E-state index is 0.118. The second kappa shape index (κ2) is 4.81. The molecule has 1 nitrogen and oxygen atoms in total.